The van der Waals surface area contributed by atoms with Crippen LogP contribution in [0.15, 0.2) is 71.8 Å². The number of carbonyl (C=O) groups excluding carboxylic acids is 2. The number of hydrogen-bond acceptors (Lipinski definition) is 6. The van der Waals surface area contributed by atoms with Crippen LogP contribution in [0, 0.1) is 19.8 Å². The fourth-order valence-corrected chi connectivity index (χ4v) is 6.38. The molecular formula is C32H38N4O5S. The van der Waals surface area contributed by atoms with Crippen LogP contribution in [0.2, 0.25) is 0 Å². The summed E-state index contributed by atoms with van der Waals surface area (Å²) >= 11 is 0. The van der Waals surface area contributed by atoms with E-state index < -0.39 is 27.8 Å². The Bertz CT molecular complexity index is 1720. The van der Waals surface area contributed by atoms with Crippen molar-refractivity contribution in [2.75, 3.05) is 5.32 Å². The maximum atomic E-state index is 13.5. The van der Waals surface area contributed by atoms with Crippen LogP contribution in [0.4, 0.5) is 10.5 Å². The van der Waals surface area contributed by atoms with Crippen molar-refractivity contribution < 1.29 is 22.7 Å². The Kier molecular flexibility index (Phi) is 8.77. The smallest absolute Gasteiger partial charge is 0.408 e. The molecule has 2 amide bonds. The number of aryl methyl sites for hydroxylation is 2. The highest BCUT2D eigenvalue weighted by molar-refractivity contribution is 7.90. The van der Waals surface area contributed by atoms with Crippen LogP contribution in [-0.2, 0) is 19.6 Å². The first-order chi connectivity index (χ1) is 19.7. The number of anilines is 1. The van der Waals surface area contributed by atoms with Crippen molar-refractivity contribution in [3.63, 3.8) is 0 Å². The first-order valence-electron chi connectivity index (χ1n) is 13.9. The molecule has 2 heterocycles. The van der Waals surface area contributed by atoms with Gasteiger partial charge in [-0.15, -0.1) is 0 Å². The normalized spacial score (nSPS) is 12.8. The number of hydrogen-bond donors (Lipinski definition) is 2. The van der Waals surface area contributed by atoms with E-state index >= 15 is 0 Å². The highest BCUT2D eigenvalue weighted by atomic mass is 32.2. The molecule has 10 heteroatoms. The molecule has 0 unspecified atom stereocenters. The zero-order valence-corrected chi connectivity index (χ0v) is 25.9. The van der Waals surface area contributed by atoms with Crippen molar-refractivity contribution in [1.29, 1.82) is 0 Å². The van der Waals surface area contributed by atoms with E-state index in [1.54, 1.807) is 70.3 Å². The number of nitrogens with zero attached hydrogens (tertiary/aromatic N) is 2. The molecule has 2 aromatic heterocycles. The van der Waals surface area contributed by atoms with Crippen LogP contribution in [0.1, 0.15) is 52.3 Å². The van der Waals surface area contributed by atoms with Crippen LogP contribution in [0.25, 0.3) is 22.2 Å². The summed E-state index contributed by atoms with van der Waals surface area (Å²) < 4.78 is 33.6. The second-order valence-electron chi connectivity index (χ2n) is 11.8. The lowest BCUT2D eigenvalue weighted by Gasteiger charge is -2.24. The zero-order valence-electron chi connectivity index (χ0n) is 25.1. The number of benzene rings is 2. The Morgan fingerprint density at radius 3 is 2.29 bits per heavy atom. The number of ether oxygens (including phenoxy) is 1. The lowest BCUT2D eigenvalue weighted by atomic mass is 9.98. The summed E-state index contributed by atoms with van der Waals surface area (Å²) in [5, 5.41) is 6.32. The fourth-order valence-electron chi connectivity index (χ4n) is 4.86. The van der Waals surface area contributed by atoms with E-state index in [9.17, 15) is 18.0 Å². The van der Waals surface area contributed by atoms with Crippen molar-refractivity contribution in [3.8, 4) is 11.1 Å². The predicted octanol–water partition coefficient (Wildman–Crippen LogP) is 6.44. The van der Waals surface area contributed by atoms with Crippen LogP contribution >= 0.6 is 0 Å². The van der Waals surface area contributed by atoms with E-state index in [2.05, 4.69) is 15.6 Å². The molecule has 222 valence electrons. The van der Waals surface area contributed by atoms with Gasteiger partial charge in [0.25, 0.3) is 10.0 Å². The van der Waals surface area contributed by atoms with Crippen molar-refractivity contribution in [3.05, 3.63) is 78.1 Å². The van der Waals surface area contributed by atoms with E-state index in [-0.39, 0.29) is 16.7 Å². The average Bonchev–Trinajstić information content (AvgIpc) is 3.24. The minimum absolute atomic E-state index is 0.162. The minimum Gasteiger partial charge on any atom is -0.444 e. The summed E-state index contributed by atoms with van der Waals surface area (Å²) in [6.45, 7) is 12.9. The number of amides is 2. The van der Waals surface area contributed by atoms with Gasteiger partial charge < -0.3 is 15.4 Å². The first-order valence-corrected chi connectivity index (χ1v) is 15.3. The summed E-state index contributed by atoms with van der Waals surface area (Å²) in [6, 6.07) is 16.7. The number of aromatic nitrogens is 2. The van der Waals surface area contributed by atoms with Gasteiger partial charge in [0.05, 0.1) is 4.90 Å². The SMILES string of the molecule is Cc1cc(NC(=O)[C@@H](CC(C)C)NC(=O)OC(C)(C)C)ccc1-c1ccnc2c1cc(C)n2S(=O)(=O)c1ccccc1. The molecule has 0 saturated heterocycles. The topological polar surface area (TPSA) is 119 Å². The maximum Gasteiger partial charge on any atom is 0.408 e. The fraction of sp³-hybridized carbons (Fsp3) is 0.344. The van der Waals surface area contributed by atoms with Gasteiger partial charge in [0.2, 0.25) is 5.91 Å². The molecular weight excluding hydrogens is 552 g/mol. The van der Waals surface area contributed by atoms with Crippen molar-refractivity contribution in [1.82, 2.24) is 14.3 Å². The van der Waals surface area contributed by atoms with Gasteiger partial charge in [0.15, 0.2) is 5.65 Å². The summed E-state index contributed by atoms with van der Waals surface area (Å²) in [6.07, 6.45) is 1.40. The third kappa shape index (κ3) is 6.82. The van der Waals surface area contributed by atoms with Gasteiger partial charge in [-0.05, 0) is 100 Å². The molecule has 0 bridgehead atoms. The lowest BCUT2D eigenvalue weighted by Crippen LogP contribution is -2.46. The lowest BCUT2D eigenvalue weighted by molar-refractivity contribution is -0.118. The second-order valence-corrected chi connectivity index (χ2v) is 13.6. The van der Waals surface area contributed by atoms with Crippen molar-refractivity contribution in [2.24, 2.45) is 5.92 Å². The quantitative estimate of drug-likeness (QED) is 0.244. The third-order valence-corrected chi connectivity index (χ3v) is 8.42. The molecule has 0 aliphatic carbocycles. The molecule has 2 N–H and O–H groups in total. The van der Waals surface area contributed by atoms with Crippen molar-refractivity contribution in [2.45, 2.75) is 71.4 Å². The van der Waals surface area contributed by atoms with Gasteiger partial charge in [0.1, 0.15) is 11.6 Å². The standard InChI is InChI=1S/C32H38N4O5S/c1-20(2)17-28(35-31(38)41-32(5,6)7)30(37)34-23-13-14-25(21(3)18-23)26-15-16-33-29-27(26)19-22(4)36(29)42(39,40)24-11-9-8-10-12-24/h8-16,18-20,28H,17H2,1-7H3,(H,34,37)(H,35,38)/t28-/m1/s1. The van der Waals surface area contributed by atoms with E-state index in [1.165, 1.54) is 3.97 Å². The number of alkyl carbamates (subject to hydrolysis) is 1. The summed E-state index contributed by atoms with van der Waals surface area (Å²) in [5.74, 6) is -0.179. The van der Waals surface area contributed by atoms with E-state index in [1.807, 2.05) is 45.0 Å². The first kappa shape index (κ1) is 30.8. The van der Waals surface area contributed by atoms with E-state index in [0.717, 1.165) is 16.7 Å². The van der Waals surface area contributed by atoms with Gasteiger partial charge in [-0.25, -0.2) is 22.2 Å². The molecule has 0 aliphatic rings. The van der Waals surface area contributed by atoms with Gasteiger partial charge in [-0.2, -0.15) is 0 Å². The highest BCUT2D eigenvalue weighted by Crippen LogP contribution is 2.34. The Balaban J connectivity index is 1.63. The molecule has 0 aliphatic heterocycles. The number of nitrogens with one attached hydrogen (secondary N) is 2. The van der Waals surface area contributed by atoms with Crippen LogP contribution in [-0.4, -0.2) is 41.0 Å². The monoisotopic (exact) mass is 590 g/mol. The second kappa shape index (κ2) is 12.0. The maximum absolute atomic E-state index is 13.5. The molecule has 2 aromatic carbocycles. The van der Waals surface area contributed by atoms with E-state index in [4.69, 9.17) is 4.74 Å². The average molecular weight is 591 g/mol. The Hall–Kier alpha value is -4.18. The van der Waals surface area contributed by atoms with Crippen LogP contribution < -0.4 is 10.6 Å². The zero-order chi connectivity index (χ0) is 30.8. The summed E-state index contributed by atoms with van der Waals surface area (Å²) in [4.78, 5) is 30.2. The molecule has 4 rings (SSSR count). The number of rotatable bonds is 8. The molecule has 0 radical (unpaired) electrons. The highest BCUT2D eigenvalue weighted by Gasteiger charge is 2.26. The van der Waals surface area contributed by atoms with Gasteiger partial charge in [0, 0.05) is 23.0 Å². The molecule has 0 spiro atoms. The molecule has 0 saturated carbocycles. The van der Waals surface area contributed by atoms with Gasteiger partial charge in [-0.3, -0.25) is 4.79 Å². The van der Waals surface area contributed by atoms with Crippen LogP contribution in [0.3, 0.4) is 0 Å². The van der Waals surface area contributed by atoms with Crippen LogP contribution in [0.5, 0.6) is 0 Å². The molecule has 0 fully saturated rings. The molecule has 9 nitrogen and oxygen atoms in total. The number of fused-ring (bicyclic) bond motifs is 1. The Morgan fingerprint density at radius 1 is 0.976 bits per heavy atom. The van der Waals surface area contributed by atoms with E-state index in [0.29, 0.717) is 28.8 Å². The molecule has 4 aromatic rings. The number of carbonyl (C=O) groups is 2. The number of pyridine rings is 1. The van der Waals surface area contributed by atoms with Gasteiger partial charge >= 0.3 is 6.09 Å². The Morgan fingerprint density at radius 2 is 1.67 bits per heavy atom. The molecule has 1 atom stereocenters. The largest absolute Gasteiger partial charge is 0.444 e. The minimum atomic E-state index is -3.85. The van der Waals surface area contributed by atoms with Gasteiger partial charge in [-0.1, -0.05) is 38.1 Å². The summed E-state index contributed by atoms with van der Waals surface area (Å²) in [7, 11) is -3.85. The predicted molar refractivity (Wildman–Crippen MR) is 165 cm³/mol. The summed E-state index contributed by atoms with van der Waals surface area (Å²) in [5.41, 5.74) is 3.35. The third-order valence-electron chi connectivity index (χ3n) is 6.62. The van der Waals surface area contributed by atoms with Crippen molar-refractivity contribution >= 4 is 38.7 Å². The molecule has 42 heavy (non-hydrogen) atoms. The Labute approximate surface area is 247 Å².